The van der Waals surface area contributed by atoms with Crippen LogP contribution in [-0.4, -0.2) is 29.9 Å². The van der Waals surface area contributed by atoms with E-state index in [1.165, 1.54) is 12.1 Å². The lowest BCUT2D eigenvalue weighted by atomic mass is 10.1. The standard InChI is InChI=1S/C18H13ClF2N6/c19-18-17(24-26-25-18)12-3-5-22-15(7-12)16-9-27(10-23-16)6-4-11-1-2-13(20)8-14(11)21/h1-3,5,7-10H,4,6H2,(H,24,25,26). The number of pyridine rings is 1. The minimum Gasteiger partial charge on any atom is -0.336 e. The first kappa shape index (κ1) is 17.3. The number of nitrogens with zero attached hydrogens (tertiary/aromatic N) is 5. The lowest BCUT2D eigenvalue weighted by Gasteiger charge is -2.04. The summed E-state index contributed by atoms with van der Waals surface area (Å²) in [7, 11) is 0. The van der Waals surface area contributed by atoms with Gasteiger partial charge in [0, 0.05) is 30.6 Å². The number of halogens is 3. The van der Waals surface area contributed by atoms with Gasteiger partial charge in [-0.05, 0) is 30.2 Å². The van der Waals surface area contributed by atoms with Gasteiger partial charge in [0.05, 0.1) is 12.0 Å². The van der Waals surface area contributed by atoms with E-state index in [-0.39, 0.29) is 5.15 Å². The van der Waals surface area contributed by atoms with Crippen molar-refractivity contribution in [3.05, 3.63) is 71.4 Å². The highest BCUT2D eigenvalue weighted by Crippen LogP contribution is 2.26. The van der Waals surface area contributed by atoms with Crippen LogP contribution in [0.15, 0.2) is 49.1 Å². The first-order valence-electron chi connectivity index (χ1n) is 8.09. The van der Waals surface area contributed by atoms with Crippen LogP contribution in [0.4, 0.5) is 8.78 Å². The van der Waals surface area contributed by atoms with Crippen molar-refractivity contribution in [2.75, 3.05) is 0 Å². The molecule has 3 heterocycles. The average molecular weight is 387 g/mol. The Morgan fingerprint density at radius 3 is 2.70 bits per heavy atom. The monoisotopic (exact) mass is 386 g/mol. The van der Waals surface area contributed by atoms with Gasteiger partial charge in [-0.15, -0.1) is 5.10 Å². The molecule has 9 heteroatoms. The van der Waals surface area contributed by atoms with E-state index in [1.54, 1.807) is 18.6 Å². The fraction of sp³-hybridized carbons (Fsp3) is 0.111. The van der Waals surface area contributed by atoms with Crippen molar-refractivity contribution in [1.82, 2.24) is 29.9 Å². The number of hydrogen-bond donors (Lipinski definition) is 1. The Labute approximate surface area is 157 Å². The number of hydrogen-bond acceptors (Lipinski definition) is 4. The Hall–Kier alpha value is -3.13. The number of aromatic nitrogens is 6. The Balaban J connectivity index is 1.52. The van der Waals surface area contributed by atoms with E-state index >= 15 is 0 Å². The second kappa shape index (κ2) is 7.24. The Morgan fingerprint density at radius 1 is 1.04 bits per heavy atom. The van der Waals surface area contributed by atoms with E-state index in [2.05, 4.69) is 25.4 Å². The molecule has 0 saturated heterocycles. The summed E-state index contributed by atoms with van der Waals surface area (Å²) < 4.78 is 28.5. The first-order valence-corrected chi connectivity index (χ1v) is 8.47. The fourth-order valence-corrected chi connectivity index (χ4v) is 2.90. The van der Waals surface area contributed by atoms with Crippen LogP contribution in [0.5, 0.6) is 0 Å². The highest BCUT2D eigenvalue weighted by Gasteiger charge is 2.11. The van der Waals surface area contributed by atoms with Crippen LogP contribution in [-0.2, 0) is 13.0 Å². The minimum atomic E-state index is -0.584. The molecule has 1 N–H and O–H groups in total. The summed E-state index contributed by atoms with van der Waals surface area (Å²) in [6.45, 7) is 0.504. The van der Waals surface area contributed by atoms with Gasteiger partial charge in [-0.3, -0.25) is 4.98 Å². The predicted octanol–water partition coefficient (Wildman–Crippen LogP) is 3.90. The average Bonchev–Trinajstić information content (AvgIpc) is 3.30. The van der Waals surface area contributed by atoms with Crippen LogP contribution in [0.1, 0.15) is 5.56 Å². The maximum Gasteiger partial charge on any atom is 0.179 e. The molecule has 0 aliphatic carbocycles. The van der Waals surface area contributed by atoms with Gasteiger partial charge in [0.15, 0.2) is 5.15 Å². The number of imidazole rings is 1. The molecule has 0 aliphatic rings. The summed E-state index contributed by atoms with van der Waals surface area (Å²) >= 11 is 6.00. The van der Waals surface area contributed by atoms with Gasteiger partial charge in [0.2, 0.25) is 0 Å². The summed E-state index contributed by atoms with van der Waals surface area (Å²) in [5, 5.41) is 10.6. The molecule has 0 unspecified atom stereocenters. The lowest BCUT2D eigenvalue weighted by Crippen LogP contribution is -2.01. The second-order valence-corrected chi connectivity index (χ2v) is 6.23. The van der Waals surface area contributed by atoms with Crippen LogP contribution in [0.3, 0.4) is 0 Å². The normalized spacial score (nSPS) is 11.1. The largest absolute Gasteiger partial charge is 0.336 e. The van der Waals surface area contributed by atoms with Crippen molar-refractivity contribution in [2.24, 2.45) is 0 Å². The molecule has 0 radical (unpaired) electrons. The molecule has 4 rings (SSSR count). The molecule has 3 aromatic heterocycles. The summed E-state index contributed by atoms with van der Waals surface area (Å²) in [5.74, 6) is -1.13. The smallest absolute Gasteiger partial charge is 0.179 e. The van der Waals surface area contributed by atoms with Gasteiger partial charge in [-0.2, -0.15) is 10.3 Å². The molecule has 0 atom stereocenters. The zero-order chi connectivity index (χ0) is 18.8. The third-order valence-corrected chi connectivity index (χ3v) is 4.35. The van der Waals surface area contributed by atoms with E-state index in [0.717, 1.165) is 11.6 Å². The SMILES string of the molecule is Fc1ccc(CCn2cnc(-c3cc(-c4n[nH]nc4Cl)ccn3)c2)c(F)c1. The highest BCUT2D eigenvalue weighted by molar-refractivity contribution is 6.31. The van der Waals surface area contributed by atoms with Crippen molar-refractivity contribution in [3.63, 3.8) is 0 Å². The van der Waals surface area contributed by atoms with Crippen LogP contribution in [0, 0.1) is 11.6 Å². The Bertz CT molecular complexity index is 1090. The van der Waals surface area contributed by atoms with Gasteiger partial charge >= 0.3 is 0 Å². The summed E-state index contributed by atoms with van der Waals surface area (Å²) in [6.07, 6.45) is 5.53. The summed E-state index contributed by atoms with van der Waals surface area (Å²) in [5.41, 5.74) is 3.06. The number of aromatic amines is 1. The maximum atomic E-state index is 13.7. The highest BCUT2D eigenvalue weighted by atomic mass is 35.5. The van der Waals surface area contributed by atoms with Crippen molar-refractivity contribution in [2.45, 2.75) is 13.0 Å². The van der Waals surface area contributed by atoms with Crippen LogP contribution in [0.25, 0.3) is 22.6 Å². The zero-order valence-electron chi connectivity index (χ0n) is 13.9. The van der Waals surface area contributed by atoms with Gasteiger partial charge in [-0.1, -0.05) is 17.7 Å². The van der Waals surface area contributed by atoms with E-state index in [0.29, 0.717) is 35.6 Å². The van der Waals surface area contributed by atoms with Crippen molar-refractivity contribution in [3.8, 4) is 22.6 Å². The second-order valence-electron chi connectivity index (χ2n) is 5.88. The Morgan fingerprint density at radius 2 is 1.93 bits per heavy atom. The van der Waals surface area contributed by atoms with E-state index in [1.807, 2.05) is 16.8 Å². The van der Waals surface area contributed by atoms with E-state index in [9.17, 15) is 8.78 Å². The van der Waals surface area contributed by atoms with E-state index < -0.39 is 11.6 Å². The van der Waals surface area contributed by atoms with Gasteiger partial charge < -0.3 is 4.57 Å². The van der Waals surface area contributed by atoms with Gasteiger partial charge in [0.1, 0.15) is 23.0 Å². The molecule has 0 saturated carbocycles. The van der Waals surface area contributed by atoms with Gasteiger partial charge in [0.25, 0.3) is 0 Å². The third kappa shape index (κ3) is 3.70. The number of benzene rings is 1. The van der Waals surface area contributed by atoms with Gasteiger partial charge in [-0.25, -0.2) is 13.8 Å². The fourth-order valence-electron chi connectivity index (χ4n) is 2.71. The van der Waals surface area contributed by atoms with E-state index in [4.69, 9.17) is 11.6 Å². The maximum absolute atomic E-state index is 13.7. The molecule has 0 aliphatic heterocycles. The Kier molecular flexibility index (Phi) is 4.64. The summed E-state index contributed by atoms with van der Waals surface area (Å²) in [6, 6.07) is 7.19. The minimum absolute atomic E-state index is 0.277. The number of nitrogens with one attached hydrogen (secondary N) is 1. The molecule has 1 aromatic carbocycles. The van der Waals surface area contributed by atoms with Crippen LogP contribution in [0.2, 0.25) is 5.15 Å². The molecular formula is C18H13ClF2N6. The molecule has 0 spiro atoms. The lowest BCUT2D eigenvalue weighted by molar-refractivity contribution is 0.563. The van der Waals surface area contributed by atoms with Crippen LogP contribution >= 0.6 is 11.6 Å². The molecule has 4 aromatic rings. The van der Waals surface area contributed by atoms with Crippen LogP contribution < -0.4 is 0 Å². The topological polar surface area (TPSA) is 72.3 Å². The molecule has 0 amide bonds. The molecule has 136 valence electrons. The predicted molar refractivity (Wildman–Crippen MR) is 95.9 cm³/mol. The molecule has 27 heavy (non-hydrogen) atoms. The van der Waals surface area contributed by atoms with Crippen molar-refractivity contribution >= 4 is 11.6 Å². The third-order valence-electron chi connectivity index (χ3n) is 4.09. The number of H-pyrrole nitrogens is 1. The zero-order valence-corrected chi connectivity index (χ0v) is 14.7. The molecule has 6 nitrogen and oxygen atoms in total. The first-order chi connectivity index (χ1) is 13.1. The summed E-state index contributed by atoms with van der Waals surface area (Å²) in [4.78, 5) is 8.68. The number of aryl methyl sites for hydroxylation is 2. The molecule has 0 bridgehead atoms. The molecule has 0 fully saturated rings. The number of rotatable bonds is 5. The van der Waals surface area contributed by atoms with Crippen molar-refractivity contribution < 1.29 is 8.78 Å². The molecular weight excluding hydrogens is 374 g/mol. The van der Waals surface area contributed by atoms with Crippen molar-refractivity contribution in [1.29, 1.82) is 0 Å². The quantitative estimate of drug-likeness (QED) is 0.564.